The molecule has 1 aliphatic rings. The summed E-state index contributed by atoms with van der Waals surface area (Å²) in [4.78, 5) is 5.12. The molecule has 0 aromatic heterocycles. The molecule has 0 saturated carbocycles. The molecule has 1 aliphatic heterocycles. The molecular formula is C14H31N3. The summed E-state index contributed by atoms with van der Waals surface area (Å²) in [7, 11) is 2.24. The van der Waals surface area contributed by atoms with Crippen LogP contribution in [0.15, 0.2) is 0 Å². The minimum Gasteiger partial charge on any atom is -0.314 e. The zero-order valence-corrected chi connectivity index (χ0v) is 12.6. The second-order valence-corrected chi connectivity index (χ2v) is 6.45. The Kier molecular flexibility index (Phi) is 5.42. The number of nitrogens with zero attached hydrogens (tertiary/aromatic N) is 2. The predicted molar refractivity (Wildman–Crippen MR) is 75.5 cm³/mol. The van der Waals surface area contributed by atoms with Gasteiger partial charge in [0.05, 0.1) is 0 Å². The van der Waals surface area contributed by atoms with Crippen LogP contribution in [0.3, 0.4) is 0 Å². The van der Waals surface area contributed by atoms with Gasteiger partial charge >= 0.3 is 0 Å². The zero-order chi connectivity index (χ0) is 13.1. The number of hydrogen-bond acceptors (Lipinski definition) is 3. The Bertz CT molecular complexity index is 226. The van der Waals surface area contributed by atoms with Crippen LogP contribution < -0.4 is 5.32 Å². The Hall–Kier alpha value is -0.120. The van der Waals surface area contributed by atoms with Crippen LogP contribution in [-0.2, 0) is 0 Å². The maximum atomic E-state index is 3.51. The van der Waals surface area contributed by atoms with E-state index >= 15 is 0 Å². The van der Waals surface area contributed by atoms with Crippen LogP contribution in [0.1, 0.15) is 41.0 Å². The second-order valence-electron chi connectivity index (χ2n) is 6.45. The van der Waals surface area contributed by atoms with Crippen LogP contribution in [0, 0.1) is 0 Å². The van der Waals surface area contributed by atoms with E-state index in [0.29, 0.717) is 17.6 Å². The summed E-state index contributed by atoms with van der Waals surface area (Å²) in [6.07, 6.45) is 1.25. The lowest BCUT2D eigenvalue weighted by atomic mass is 9.98. The molecule has 0 aromatic carbocycles. The highest BCUT2D eigenvalue weighted by molar-refractivity contribution is 4.90. The van der Waals surface area contributed by atoms with Crippen LogP contribution in [-0.4, -0.2) is 60.6 Å². The monoisotopic (exact) mass is 241 g/mol. The zero-order valence-electron chi connectivity index (χ0n) is 12.6. The van der Waals surface area contributed by atoms with Crippen molar-refractivity contribution in [2.45, 2.75) is 58.7 Å². The Morgan fingerprint density at radius 1 is 1.18 bits per heavy atom. The highest BCUT2D eigenvalue weighted by atomic mass is 15.3. The fourth-order valence-electron chi connectivity index (χ4n) is 2.42. The molecule has 0 bridgehead atoms. The van der Waals surface area contributed by atoms with E-state index in [4.69, 9.17) is 0 Å². The van der Waals surface area contributed by atoms with Gasteiger partial charge in [0, 0.05) is 37.3 Å². The minimum atomic E-state index is 0.317. The number of hydrogen-bond donors (Lipinski definition) is 1. The van der Waals surface area contributed by atoms with Gasteiger partial charge in [-0.3, -0.25) is 9.80 Å². The van der Waals surface area contributed by atoms with E-state index in [2.05, 4.69) is 56.8 Å². The largest absolute Gasteiger partial charge is 0.314 e. The molecule has 1 rings (SSSR count). The van der Waals surface area contributed by atoms with E-state index in [1.54, 1.807) is 0 Å². The maximum absolute atomic E-state index is 3.51. The molecule has 1 atom stereocenters. The van der Waals surface area contributed by atoms with Gasteiger partial charge in [0.15, 0.2) is 0 Å². The standard InChI is InChI=1S/C14H31N3/c1-12(2)15-8-7-13(3)17-10-9-16(6)14(4,5)11-17/h12-13,15H,7-11H2,1-6H3. The minimum absolute atomic E-state index is 0.317. The van der Waals surface area contributed by atoms with Gasteiger partial charge in [0.25, 0.3) is 0 Å². The number of piperazine rings is 1. The molecule has 3 heteroatoms. The summed E-state index contributed by atoms with van der Waals surface area (Å²) in [5, 5.41) is 3.51. The SMILES string of the molecule is CC(C)NCCC(C)N1CCN(C)C(C)(C)C1. The smallest absolute Gasteiger partial charge is 0.0277 e. The molecule has 0 spiro atoms. The third-order valence-corrected chi connectivity index (χ3v) is 4.08. The Morgan fingerprint density at radius 3 is 2.35 bits per heavy atom. The van der Waals surface area contributed by atoms with Crippen LogP contribution >= 0.6 is 0 Å². The van der Waals surface area contributed by atoms with Gasteiger partial charge in [-0.1, -0.05) is 13.8 Å². The first-order valence-corrected chi connectivity index (χ1v) is 7.01. The highest BCUT2D eigenvalue weighted by Crippen LogP contribution is 2.21. The molecule has 1 saturated heterocycles. The van der Waals surface area contributed by atoms with Crippen molar-refractivity contribution in [1.29, 1.82) is 0 Å². The summed E-state index contributed by atoms with van der Waals surface area (Å²) in [6, 6.07) is 1.29. The van der Waals surface area contributed by atoms with Crippen LogP contribution in [0.4, 0.5) is 0 Å². The number of likely N-dealkylation sites (N-methyl/N-ethyl adjacent to an activating group) is 1. The Morgan fingerprint density at radius 2 is 1.82 bits per heavy atom. The molecular weight excluding hydrogens is 210 g/mol. The van der Waals surface area contributed by atoms with Crippen LogP contribution in [0.2, 0.25) is 0 Å². The Balaban J connectivity index is 2.35. The average molecular weight is 241 g/mol. The van der Waals surface area contributed by atoms with Crippen LogP contribution in [0.25, 0.3) is 0 Å². The van der Waals surface area contributed by atoms with Gasteiger partial charge < -0.3 is 5.32 Å². The van der Waals surface area contributed by atoms with Crippen molar-refractivity contribution in [3.05, 3.63) is 0 Å². The third-order valence-electron chi connectivity index (χ3n) is 4.08. The van der Waals surface area contributed by atoms with E-state index in [1.165, 1.54) is 26.1 Å². The molecule has 0 aromatic rings. The first-order valence-electron chi connectivity index (χ1n) is 7.01. The molecule has 1 heterocycles. The topological polar surface area (TPSA) is 18.5 Å². The second kappa shape index (κ2) is 6.17. The molecule has 3 nitrogen and oxygen atoms in total. The quantitative estimate of drug-likeness (QED) is 0.792. The van der Waals surface area contributed by atoms with Crippen molar-refractivity contribution in [3.8, 4) is 0 Å². The predicted octanol–water partition coefficient (Wildman–Crippen LogP) is 1.79. The summed E-state index contributed by atoms with van der Waals surface area (Å²) in [5.41, 5.74) is 0.317. The lowest BCUT2D eigenvalue weighted by Crippen LogP contribution is -2.59. The van der Waals surface area contributed by atoms with E-state index in [9.17, 15) is 0 Å². The highest BCUT2D eigenvalue weighted by Gasteiger charge is 2.32. The van der Waals surface area contributed by atoms with E-state index in [0.717, 1.165) is 6.54 Å². The molecule has 0 aliphatic carbocycles. The number of rotatable bonds is 5. The van der Waals surface area contributed by atoms with E-state index in [1.807, 2.05) is 0 Å². The summed E-state index contributed by atoms with van der Waals surface area (Å²) in [5.74, 6) is 0. The van der Waals surface area contributed by atoms with Crippen molar-refractivity contribution < 1.29 is 0 Å². The van der Waals surface area contributed by atoms with Crippen molar-refractivity contribution in [2.75, 3.05) is 33.2 Å². The average Bonchev–Trinajstić information content (AvgIpc) is 2.21. The van der Waals surface area contributed by atoms with Gasteiger partial charge in [-0.25, -0.2) is 0 Å². The van der Waals surface area contributed by atoms with Gasteiger partial charge in [0.2, 0.25) is 0 Å². The van der Waals surface area contributed by atoms with Crippen LogP contribution in [0.5, 0.6) is 0 Å². The molecule has 1 N–H and O–H groups in total. The molecule has 102 valence electrons. The molecule has 1 unspecified atom stereocenters. The summed E-state index contributed by atoms with van der Waals surface area (Å²) < 4.78 is 0. The molecule has 0 radical (unpaired) electrons. The van der Waals surface area contributed by atoms with E-state index < -0.39 is 0 Å². The lowest BCUT2D eigenvalue weighted by Gasteiger charge is -2.47. The Labute approximate surface area is 108 Å². The van der Waals surface area contributed by atoms with Gasteiger partial charge in [-0.15, -0.1) is 0 Å². The lowest BCUT2D eigenvalue weighted by molar-refractivity contribution is 0.0188. The van der Waals surface area contributed by atoms with Crippen molar-refractivity contribution >= 4 is 0 Å². The normalized spacial score (nSPS) is 24.2. The van der Waals surface area contributed by atoms with E-state index in [-0.39, 0.29) is 0 Å². The first kappa shape index (κ1) is 14.9. The molecule has 17 heavy (non-hydrogen) atoms. The molecule has 0 amide bonds. The van der Waals surface area contributed by atoms with Gasteiger partial charge in [-0.2, -0.15) is 0 Å². The van der Waals surface area contributed by atoms with Gasteiger partial charge in [-0.05, 0) is 40.8 Å². The number of nitrogens with one attached hydrogen (secondary N) is 1. The third kappa shape index (κ3) is 4.57. The fraction of sp³-hybridized carbons (Fsp3) is 1.00. The summed E-state index contributed by atoms with van der Waals surface area (Å²) in [6.45, 7) is 16.2. The van der Waals surface area contributed by atoms with Gasteiger partial charge in [0.1, 0.15) is 0 Å². The van der Waals surface area contributed by atoms with Crippen molar-refractivity contribution in [3.63, 3.8) is 0 Å². The molecule has 1 fully saturated rings. The summed E-state index contributed by atoms with van der Waals surface area (Å²) >= 11 is 0. The maximum Gasteiger partial charge on any atom is 0.0277 e. The van der Waals surface area contributed by atoms with Crippen molar-refractivity contribution in [2.24, 2.45) is 0 Å². The van der Waals surface area contributed by atoms with Crippen molar-refractivity contribution in [1.82, 2.24) is 15.1 Å². The first-order chi connectivity index (χ1) is 7.83. The fourth-order valence-corrected chi connectivity index (χ4v) is 2.42.